The smallest absolute Gasteiger partial charge is 0.0439 e. The number of hydrogen-bond donors (Lipinski definition) is 0. The SMILES string of the molecule is C=C1c2ccccc2CN1C1CCCCCC1. The zero-order chi connectivity index (χ0) is 11.7. The van der Waals surface area contributed by atoms with Crippen LogP contribution in [0.1, 0.15) is 49.7 Å². The largest absolute Gasteiger partial charge is 0.364 e. The summed E-state index contributed by atoms with van der Waals surface area (Å²) < 4.78 is 0. The second-order valence-corrected chi connectivity index (χ2v) is 5.38. The van der Waals surface area contributed by atoms with E-state index >= 15 is 0 Å². The van der Waals surface area contributed by atoms with Crippen molar-refractivity contribution in [2.24, 2.45) is 0 Å². The third-order valence-corrected chi connectivity index (χ3v) is 4.28. The Morgan fingerprint density at radius 3 is 2.41 bits per heavy atom. The minimum atomic E-state index is 0.734. The van der Waals surface area contributed by atoms with Gasteiger partial charge >= 0.3 is 0 Å². The fourth-order valence-electron chi connectivity index (χ4n) is 3.29. The van der Waals surface area contributed by atoms with Crippen LogP contribution in [0, 0.1) is 0 Å². The van der Waals surface area contributed by atoms with Gasteiger partial charge in [-0.3, -0.25) is 0 Å². The van der Waals surface area contributed by atoms with Crippen molar-refractivity contribution in [1.29, 1.82) is 0 Å². The summed E-state index contributed by atoms with van der Waals surface area (Å²) >= 11 is 0. The van der Waals surface area contributed by atoms with Gasteiger partial charge in [0.2, 0.25) is 0 Å². The predicted molar refractivity (Wildman–Crippen MR) is 72.5 cm³/mol. The molecule has 0 N–H and O–H groups in total. The van der Waals surface area contributed by atoms with Gasteiger partial charge in [-0.05, 0) is 18.4 Å². The molecule has 17 heavy (non-hydrogen) atoms. The van der Waals surface area contributed by atoms with Gasteiger partial charge in [0, 0.05) is 23.8 Å². The number of nitrogens with zero attached hydrogens (tertiary/aromatic N) is 1. The van der Waals surface area contributed by atoms with Crippen LogP contribution in [0.15, 0.2) is 30.8 Å². The van der Waals surface area contributed by atoms with Gasteiger partial charge in [0.1, 0.15) is 0 Å². The molecule has 1 heteroatoms. The number of fused-ring (bicyclic) bond motifs is 1. The molecule has 1 nitrogen and oxygen atoms in total. The summed E-state index contributed by atoms with van der Waals surface area (Å²) in [5.74, 6) is 0. The van der Waals surface area contributed by atoms with Crippen LogP contribution in [0.4, 0.5) is 0 Å². The Labute approximate surface area is 104 Å². The molecule has 1 aromatic carbocycles. The lowest BCUT2D eigenvalue weighted by Crippen LogP contribution is -2.29. The quantitative estimate of drug-likeness (QED) is 0.650. The van der Waals surface area contributed by atoms with Crippen molar-refractivity contribution in [3.8, 4) is 0 Å². The molecule has 0 saturated heterocycles. The van der Waals surface area contributed by atoms with Gasteiger partial charge in [-0.15, -0.1) is 0 Å². The second-order valence-electron chi connectivity index (χ2n) is 5.38. The van der Waals surface area contributed by atoms with Crippen molar-refractivity contribution >= 4 is 5.70 Å². The molecule has 3 rings (SSSR count). The average Bonchev–Trinajstić information content (AvgIpc) is 2.57. The molecule has 1 aliphatic carbocycles. The van der Waals surface area contributed by atoms with E-state index in [1.54, 1.807) is 0 Å². The first-order valence-corrected chi connectivity index (χ1v) is 6.90. The third kappa shape index (κ3) is 1.99. The standard InChI is InChI=1S/C16H21N/c1-13-16-11-7-6-8-14(16)12-17(13)15-9-4-2-3-5-10-15/h6-8,11,15H,1-5,9-10,12H2. The maximum atomic E-state index is 4.31. The molecule has 0 radical (unpaired) electrons. The number of hydrogen-bond acceptors (Lipinski definition) is 1. The Balaban J connectivity index is 1.80. The molecule has 0 bridgehead atoms. The molecule has 0 unspecified atom stereocenters. The van der Waals surface area contributed by atoms with Crippen molar-refractivity contribution < 1.29 is 0 Å². The Bertz CT molecular complexity index is 413. The van der Waals surface area contributed by atoms with E-state index in [-0.39, 0.29) is 0 Å². The van der Waals surface area contributed by atoms with E-state index in [1.165, 1.54) is 55.3 Å². The van der Waals surface area contributed by atoms with Crippen LogP contribution in [0.3, 0.4) is 0 Å². The van der Waals surface area contributed by atoms with Gasteiger partial charge in [0.15, 0.2) is 0 Å². The van der Waals surface area contributed by atoms with E-state index in [2.05, 4.69) is 35.7 Å². The van der Waals surface area contributed by atoms with Gasteiger partial charge < -0.3 is 4.90 Å². The molecule has 90 valence electrons. The van der Waals surface area contributed by atoms with Crippen LogP contribution in [-0.2, 0) is 6.54 Å². The molecule has 1 aliphatic heterocycles. The van der Waals surface area contributed by atoms with Gasteiger partial charge in [-0.1, -0.05) is 56.5 Å². The molecule has 1 aromatic rings. The molecule has 0 atom stereocenters. The van der Waals surface area contributed by atoms with Crippen LogP contribution in [0.2, 0.25) is 0 Å². The minimum Gasteiger partial charge on any atom is -0.364 e. The van der Waals surface area contributed by atoms with Crippen LogP contribution in [-0.4, -0.2) is 10.9 Å². The predicted octanol–water partition coefficient (Wildman–Crippen LogP) is 4.20. The summed E-state index contributed by atoms with van der Waals surface area (Å²) in [6, 6.07) is 9.46. The topological polar surface area (TPSA) is 3.24 Å². The van der Waals surface area contributed by atoms with Crippen molar-refractivity contribution in [2.75, 3.05) is 0 Å². The highest BCUT2D eigenvalue weighted by atomic mass is 15.2. The molecule has 1 saturated carbocycles. The van der Waals surface area contributed by atoms with Crippen LogP contribution in [0.5, 0.6) is 0 Å². The van der Waals surface area contributed by atoms with E-state index in [1.807, 2.05) is 0 Å². The lowest BCUT2D eigenvalue weighted by atomic mass is 10.1. The first kappa shape index (κ1) is 10.9. The summed E-state index contributed by atoms with van der Waals surface area (Å²) in [5, 5.41) is 0. The molecular formula is C16H21N. The average molecular weight is 227 g/mol. The van der Waals surface area contributed by atoms with Gasteiger partial charge in [-0.25, -0.2) is 0 Å². The van der Waals surface area contributed by atoms with Crippen LogP contribution >= 0.6 is 0 Å². The van der Waals surface area contributed by atoms with Crippen molar-refractivity contribution in [1.82, 2.24) is 4.90 Å². The Morgan fingerprint density at radius 1 is 1.00 bits per heavy atom. The van der Waals surface area contributed by atoms with E-state index in [0.29, 0.717) is 0 Å². The maximum absolute atomic E-state index is 4.31. The highest BCUT2D eigenvalue weighted by molar-refractivity contribution is 5.69. The van der Waals surface area contributed by atoms with E-state index in [9.17, 15) is 0 Å². The highest BCUT2D eigenvalue weighted by Gasteiger charge is 2.28. The van der Waals surface area contributed by atoms with E-state index in [4.69, 9.17) is 0 Å². The monoisotopic (exact) mass is 227 g/mol. The van der Waals surface area contributed by atoms with E-state index in [0.717, 1.165) is 12.6 Å². The Kier molecular flexibility index (Phi) is 2.92. The first-order valence-electron chi connectivity index (χ1n) is 6.90. The third-order valence-electron chi connectivity index (χ3n) is 4.28. The van der Waals surface area contributed by atoms with E-state index < -0.39 is 0 Å². The molecule has 1 fully saturated rings. The van der Waals surface area contributed by atoms with Crippen molar-refractivity contribution in [2.45, 2.75) is 51.1 Å². The summed E-state index contributed by atoms with van der Waals surface area (Å²) in [6.07, 6.45) is 8.34. The van der Waals surface area contributed by atoms with Gasteiger partial charge in [-0.2, -0.15) is 0 Å². The van der Waals surface area contributed by atoms with Gasteiger partial charge in [0.05, 0.1) is 0 Å². The molecule has 0 aromatic heterocycles. The van der Waals surface area contributed by atoms with Crippen LogP contribution in [0.25, 0.3) is 5.70 Å². The van der Waals surface area contributed by atoms with Crippen LogP contribution < -0.4 is 0 Å². The fourth-order valence-corrected chi connectivity index (χ4v) is 3.29. The lowest BCUT2D eigenvalue weighted by Gasteiger charge is -2.29. The number of benzene rings is 1. The Morgan fingerprint density at radius 2 is 1.71 bits per heavy atom. The molecule has 2 aliphatic rings. The molecule has 1 heterocycles. The Hall–Kier alpha value is -1.24. The maximum Gasteiger partial charge on any atom is 0.0439 e. The summed E-state index contributed by atoms with van der Waals surface area (Å²) in [7, 11) is 0. The molecule has 0 spiro atoms. The highest BCUT2D eigenvalue weighted by Crippen LogP contribution is 2.36. The lowest BCUT2D eigenvalue weighted by molar-refractivity contribution is 0.272. The number of rotatable bonds is 1. The minimum absolute atomic E-state index is 0.734. The van der Waals surface area contributed by atoms with Gasteiger partial charge in [0.25, 0.3) is 0 Å². The normalized spacial score (nSPS) is 21.4. The summed E-state index contributed by atoms with van der Waals surface area (Å²) in [4.78, 5) is 2.55. The fraction of sp³-hybridized carbons (Fsp3) is 0.500. The first-order chi connectivity index (χ1) is 8.36. The molecule has 0 amide bonds. The van der Waals surface area contributed by atoms with Crippen molar-refractivity contribution in [3.63, 3.8) is 0 Å². The summed E-state index contributed by atoms with van der Waals surface area (Å²) in [6.45, 7) is 5.39. The summed E-state index contributed by atoms with van der Waals surface area (Å²) in [5.41, 5.74) is 4.09. The second kappa shape index (κ2) is 4.56. The van der Waals surface area contributed by atoms with Crippen molar-refractivity contribution in [3.05, 3.63) is 42.0 Å². The zero-order valence-electron chi connectivity index (χ0n) is 10.5. The molecular weight excluding hydrogens is 206 g/mol. The zero-order valence-corrected chi connectivity index (χ0v) is 10.5.